The Balaban J connectivity index is 1.41. The summed E-state index contributed by atoms with van der Waals surface area (Å²) in [5.74, 6) is 0.398. The number of anilines is 1. The third-order valence-electron chi connectivity index (χ3n) is 5.38. The minimum atomic E-state index is -0.264. The average Bonchev–Trinajstić information content (AvgIpc) is 3.28. The van der Waals surface area contributed by atoms with Crippen LogP contribution in [0.15, 0.2) is 59.1 Å². The van der Waals surface area contributed by atoms with Crippen molar-refractivity contribution in [2.45, 2.75) is 19.8 Å². The molecule has 1 aliphatic rings. The van der Waals surface area contributed by atoms with Crippen LogP contribution in [-0.4, -0.2) is 36.4 Å². The van der Waals surface area contributed by atoms with Gasteiger partial charge in [-0.25, -0.2) is 0 Å². The molecule has 0 bridgehead atoms. The fourth-order valence-corrected chi connectivity index (χ4v) is 4.09. The second-order valence-corrected chi connectivity index (χ2v) is 8.38. The Morgan fingerprint density at radius 3 is 2.57 bits per heavy atom. The molecule has 0 saturated carbocycles. The summed E-state index contributed by atoms with van der Waals surface area (Å²) < 4.78 is 6.70. The van der Waals surface area contributed by atoms with Gasteiger partial charge < -0.3 is 15.0 Å². The van der Waals surface area contributed by atoms with E-state index in [4.69, 9.17) is 4.74 Å². The molecule has 2 amide bonds. The van der Waals surface area contributed by atoms with Crippen LogP contribution in [0.25, 0.3) is 10.8 Å². The lowest BCUT2D eigenvalue weighted by molar-refractivity contribution is -0.118. The summed E-state index contributed by atoms with van der Waals surface area (Å²) in [5.41, 5.74) is 2.05. The van der Waals surface area contributed by atoms with Gasteiger partial charge >= 0.3 is 0 Å². The molecule has 1 N–H and O–H groups in total. The Morgan fingerprint density at radius 2 is 1.77 bits per heavy atom. The van der Waals surface area contributed by atoms with Gasteiger partial charge in [0.1, 0.15) is 5.75 Å². The molecule has 3 aromatic rings. The second kappa shape index (κ2) is 8.88. The van der Waals surface area contributed by atoms with Crippen LogP contribution in [-0.2, 0) is 4.79 Å². The predicted octanol–water partition coefficient (Wildman–Crippen LogP) is 5.16. The number of hydrogen-bond donors (Lipinski definition) is 1. The van der Waals surface area contributed by atoms with Gasteiger partial charge in [-0.05, 0) is 72.5 Å². The van der Waals surface area contributed by atoms with Crippen LogP contribution in [0.3, 0.4) is 0 Å². The minimum Gasteiger partial charge on any atom is -0.484 e. The first kappa shape index (κ1) is 20.4. The van der Waals surface area contributed by atoms with Crippen molar-refractivity contribution in [3.63, 3.8) is 0 Å². The molecule has 0 spiro atoms. The van der Waals surface area contributed by atoms with Crippen molar-refractivity contribution in [2.24, 2.45) is 0 Å². The summed E-state index contributed by atoms with van der Waals surface area (Å²) in [4.78, 5) is 27.0. The van der Waals surface area contributed by atoms with E-state index >= 15 is 0 Å². The molecular formula is C24H23BrN2O3. The number of carbonyl (C=O) groups is 2. The molecule has 0 aliphatic carbocycles. The number of nitrogens with zero attached hydrogens (tertiary/aromatic N) is 1. The van der Waals surface area contributed by atoms with Crippen LogP contribution < -0.4 is 10.1 Å². The fraction of sp³-hybridized carbons (Fsp3) is 0.250. The van der Waals surface area contributed by atoms with Gasteiger partial charge in [-0.2, -0.15) is 0 Å². The van der Waals surface area contributed by atoms with E-state index in [-0.39, 0.29) is 18.4 Å². The van der Waals surface area contributed by atoms with E-state index < -0.39 is 0 Å². The maximum Gasteiger partial charge on any atom is 0.262 e. The van der Waals surface area contributed by atoms with Gasteiger partial charge in [-0.1, -0.05) is 34.1 Å². The molecular weight excluding hydrogens is 444 g/mol. The Bertz CT molecular complexity index is 1110. The number of amides is 2. The first-order chi connectivity index (χ1) is 14.5. The highest BCUT2D eigenvalue weighted by atomic mass is 79.9. The summed E-state index contributed by atoms with van der Waals surface area (Å²) >= 11 is 3.46. The topological polar surface area (TPSA) is 58.6 Å². The molecule has 30 heavy (non-hydrogen) atoms. The number of carbonyl (C=O) groups excluding carboxylic acids is 2. The zero-order valence-corrected chi connectivity index (χ0v) is 18.4. The number of halogens is 1. The smallest absolute Gasteiger partial charge is 0.262 e. The van der Waals surface area contributed by atoms with Crippen molar-refractivity contribution >= 4 is 44.2 Å². The lowest BCUT2D eigenvalue weighted by Crippen LogP contribution is -2.28. The van der Waals surface area contributed by atoms with Gasteiger partial charge in [0.25, 0.3) is 11.8 Å². The van der Waals surface area contributed by atoms with Crippen molar-refractivity contribution in [3.8, 4) is 5.75 Å². The molecule has 6 heteroatoms. The number of hydrogen-bond acceptors (Lipinski definition) is 3. The first-order valence-corrected chi connectivity index (χ1v) is 10.8. The third kappa shape index (κ3) is 4.49. The van der Waals surface area contributed by atoms with Crippen molar-refractivity contribution in [1.29, 1.82) is 0 Å². The molecule has 1 heterocycles. The van der Waals surface area contributed by atoms with Gasteiger partial charge in [0.05, 0.1) is 0 Å². The zero-order chi connectivity index (χ0) is 21.1. The monoisotopic (exact) mass is 466 g/mol. The van der Waals surface area contributed by atoms with Gasteiger partial charge in [0.15, 0.2) is 6.61 Å². The van der Waals surface area contributed by atoms with Gasteiger partial charge in [0, 0.05) is 28.8 Å². The zero-order valence-electron chi connectivity index (χ0n) is 16.8. The number of ether oxygens (including phenoxy) is 1. The van der Waals surface area contributed by atoms with Crippen LogP contribution in [0.2, 0.25) is 0 Å². The maximum absolute atomic E-state index is 12.7. The summed E-state index contributed by atoms with van der Waals surface area (Å²) in [5, 5.41) is 5.01. The maximum atomic E-state index is 12.7. The van der Waals surface area contributed by atoms with E-state index in [1.54, 1.807) is 6.07 Å². The molecule has 3 aromatic carbocycles. The van der Waals surface area contributed by atoms with Crippen LogP contribution >= 0.6 is 15.9 Å². The SMILES string of the molecule is Cc1c(NC(=O)COc2ccc3cc(Br)ccc3c2)cccc1C(=O)N1CCCC1. The third-order valence-corrected chi connectivity index (χ3v) is 5.87. The summed E-state index contributed by atoms with van der Waals surface area (Å²) in [6.45, 7) is 3.35. The predicted molar refractivity (Wildman–Crippen MR) is 122 cm³/mol. The Hall–Kier alpha value is -2.86. The Kier molecular flexibility index (Phi) is 6.04. The van der Waals surface area contributed by atoms with E-state index in [9.17, 15) is 9.59 Å². The second-order valence-electron chi connectivity index (χ2n) is 7.47. The van der Waals surface area contributed by atoms with E-state index in [0.717, 1.165) is 46.7 Å². The number of benzene rings is 3. The molecule has 4 rings (SSSR count). The van der Waals surface area contributed by atoms with Gasteiger partial charge in [-0.3, -0.25) is 9.59 Å². The first-order valence-electron chi connectivity index (χ1n) is 10.0. The summed E-state index contributed by atoms with van der Waals surface area (Å²) in [7, 11) is 0. The highest BCUT2D eigenvalue weighted by molar-refractivity contribution is 9.10. The molecule has 0 aromatic heterocycles. The van der Waals surface area contributed by atoms with Gasteiger partial charge in [0.2, 0.25) is 0 Å². The van der Waals surface area contributed by atoms with Crippen molar-refractivity contribution in [1.82, 2.24) is 4.90 Å². The molecule has 0 radical (unpaired) electrons. The number of likely N-dealkylation sites (tertiary alicyclic amines) is 1. The number of fused-ring (bicyclic) bond motifs is 1. The lowest BCUT2D eigenvalue weighted by Gasteiger charge is -2.18. The largest absolute Gasteiger partial charge is 0.484 e. The molecule has 1 fully saturated rings. The Morgan fingerprint density at radius 1 is 1.03 bits per heavy atom. The van der Waals surface area contributed by atoms with E-state index in [1.807, 2.05) is 60.4 Å². The fourth-order valence-electron chi connectivity index (χ4n) is 3.71. The standard InChI is InChI=1S/C24H23BrN2O3/c1-16-21(24(29)27-11-2-3-12-27)5-4-6-22(16)26-23(28)15-30-20-10-8-17-13-19(25)9-7-18(17)14-20/h4-10,13-14H,2-3,11-12,15H2,1H3,(H,26,28). The van der Waals surface area contributed by atoms with Crippen LogP contribution in [0.4, 0.5) is 5.69 Å². The molecule has 0 atom stereocenters. The molecule has 1 aliphatic heterocycles. The highest BCUT2D eigenvalue weighted by Crippen LogP contribution is 2.25. The quantitative estimate of drug-likeness (QED) is 0.564. The summed E-state index contributed by atoms with van der Waals surface area (Å²) in [6.07, 6.45) is 2.09. The molecule has 154 valence electrons. The van der Waals surface area contributed by atoms with Crippen molar-refractivity contribution < 1.29 is 14.3 Å². The highest BCUT2D eigenvalue weighted by Gasteiger charge is 2.22. The average molecular weight is 467 g/mol. The summed E-state index contributed by atoms with van der Waals surface area (Å²) in [6, 6.07) is 17.1. The number of nitrogens with one attached hydrogen (secondary N) is 1. The molecule has 5 nitrogen and oxygen atoms in total. The molecule has 0 unspecified atom stereocenters. The van der Waals surface area contributed by atoms with Crippen LogP contribution in [0.1, 0.15) is 28.8 Å². The molecule has 1 saturated heterocycles. The Labute approximate surface area is 184 Å². The van der Waals surface area contributed by atoms with E-state index in [2.05, 4.69) is 21.2 Å². The normalized spacial score (nSPS) is 13.5. The van der Waals surface area contributed by atoms with E-state index in [1.165, 1.54) is 0 Å². The minimum absolute atomic E-state index is 0.0279. The van der Waals surface area contributed by atoms with Crippen molar-refractivity contribution in [3.05, 3.63) is 70.2 Å². The van der Waals surface area contributed by atoms with Crippen LogP contribution in [0, 0.1) is 6.92 Å². The van der Waals surface area contributed by atoms with Crippen molar-refractivity contribution in [2.75, 3.05) is 25.0 Å². The van der Waals surface area contributed by atoms with Gasteiger partial charge in [-0.15, -0.1) is 0 Å². The lowest BCUT2D eigenvalue weighted by atomic mass is 10.1. The van der Waals surface area contributed by atoms with E-state index in [0.29, 0.717) is 17.0 Å². The van der Waals surface area contributed by atoms with Crippen LogP contribution in [0.5, 0.6) is 5.75 Å². The number of rotatable bonds is 5.